The van der Waals surface area contributed by atoms with Gasteiger partial charge in [0.1, 0.15) is 0 Å². The van der Waals surface area contributed by atoms with Gasteiger partial charge >= 0.3 is 0 Å². The molecule has 1 heteroatoms. The lowest BCUT2D eigenvalue weighted by atomic mass is 10.1. The molecule has 0 amide bonds. The Hall–Kier alpha value is -1.08. The molecule has 0 heterocycles. The minimum absolute atomic E-state index is 1.00. The number of aliphatic hydroxyl groups is 1. The fraction of sp³-hybridized carbons (Fsp3) is 0.385. The quantitative estimate of drug-likeness (QED) is 0.680. The van der Waals surface area contributed by atoms with Crippen LogP contribution in [0.1, 0.15) is 23.6 Å². The lowest BCUT2D eigenvalue weighted by Gasteiger charge is -2.01. The van der Waals surface area contributed by atoms with Crippen LogP contribution in [-0.2, 0) is 6.42 Å². The maximum atomic E-state index is 7.00. The minimum Gasteiger partial charge on any atom is -0.400 e. The average molecular weight is 194 g/mol. The van der Waals surface area contributed by atoms with Gasteiger partial charge in [0.25, 0.3) is 0 Å². The summed E-state index contributed by atoms with van der Waals surface area (Å²) in [6, 6.07) is 6.64. The van der Waals surface area contributed by atoms with Crippen molar-refractivity contribution in [2.24, 2.45) is 0 Å². The zero-order valence-corrected chi connectivity index (χ0v) is 9.80. The van der Waals surface area contributed by atoms with E-state index in [0.717, 1.165) is 13.5 Å². The van der Waals surface area contributed by atoms with Crippen molar-refractivity contribution in [2.75, 3.05) is 7.11 Å². The molecule has 0 unspecified atom stereocenters. The third kappa shape index (κ3) is 5.55. The van der Waals surface area contributed by atoms with E-state index in [4.69, 9.17) is 5.11 Å². The van der Waals surface area contributed by atoms with E-state index < -0.39 is 0 Å². The SMILES string of the molecule is C=C.CCc1ccc(C)c(C)c1.CO. The summed E-state index contributed by atoms with van der Waals surface area (Å²) in [5.41, 5.74) is 4.22. The van der Waals surface area contributed by atoms with E-state index in [9.17, 15) is 0 Å². The molecule has 0 saturated heterocycles. The summed E-state index contributed by atoms with van der Waals surface area (Å²) >= 11 is 0. The van der Waals surface area contributed by atoms with Crippen LogP contribution in [0.25, 0.3) is 0 Å². The Morgan fingerprint density at radius 1 is 1.07 bits per heavy atom. The molecule has 1 aromatic carbocycles. The number of rotatable bonds is 1. The molecule has 0 atom stereocenters. The molecule has 1 rings (SSSR count). The van der Waals surface area contributed by atoms with Crippen LogP contribution in [0, 0.1) is 13.8 Å². The van der Waals surface area contributed by atoms with Crippen molar-refractivity contribution in [3.05, 3.63) is 48.0 Å². The van der Waals surface area contributed by atoms with E-state index in [2.05, 4.69) is 52.1 Å². The smallest absolute Gasteiger partial charge is 0.0319 e. The molecule has 80 valence electrons. The molecule has 1 aromatic rings. The van der Waals surface area contributed by atoms with Crippen LogP contribution in [0.5, 0.6) is 0 Å². The number of aliphatic hydroxyl groups excluding tert-OH is 1. The van der Waals surface area contributed by atoms with Gasteiger partial charge in [-0.05, 0) is 37.0 Å². The van der Waals surface area contributed by atoms with Crippen molar-refractivity contribution in [3.8, 4) is 0 Å². The largest absolute Gasteiger partial charge is 0.400 e. The maximum Gasteiger partial charge on any atom is 0.0319 e. The zero-order valence-electron chi connectivity index (χ0n) is 9.80. The van der Waals surface area contributed by atoms with Gasteiger partial charge < -0.3 is 5.11 Å². The molecule has 0 saturated carbocycles. The zero-order chi connectivity index (χ0) is 11.6. The van der Waals surface area contributed by atoms with Crippen LogP contribution in [0.3, 0.4) is 0 Å². The monoisotopic (exact) mass is 194 g/mol. The van der Waals surface area contributed by atoms with Crippen LogP contribution in [0.2, 0.25) is 0 Å². The summed E-state index contributed by atoms with van der Waals surface area (Å²) in [6.45, 7) is 12.5. The average Bonchev–Trinajstić information content (AvgIpc) is 2.28. The Kier molecular flexibility index (Phi) is 11.0. The summed E-state index contributed by atoms with van der Waals surface area (Å²) in [5.74, 6) is 0. The molecule has 0 aliphatic carbocycles. The fourth-order valence-electron chi connectivity index (χ4n) is 1.02. The van der Waals surface area contributed by atoms with Crippen molar-refractivity contribution in [1.29, 1.82) is 0 Å². The van der Waals surface area contributed by atoms with E-state index >= 15 is 0 Å². The molecular formula is C13H22O. The van der Waals surface area contributed by atoms with Crippen LogP contribution in [0.15, 0.2) is 31.4 Å². The fourth-order valence-corrected chi connectivity index (χ4v) is 1.02. The van der Waals surface area contributed by atoms with Gasteiger partial charge in [-0.25, -0.2) is 0 Å². The number of hydrogen-bond donors (Lipinski definition) is 1. The molecule has 0 aromatic heterocycles. The second kappa shape index (κ2) is 10.0. The highest BCUT2D eigenvalue weighted by Crippen LogP contribution is 2.09. The van der Waals surface area contributed by atoms with E-state index in [1.807, 2.05) is 0 Å². The number of benzene rings is 1. The first-order valence-corrected chi connectivity index (χ1v) is 4.75. The molecular weight excluding hydrogens is 172 g/mol. The number of hydrogen-bond acceptors (Lipinski definition) is 1. The Morgan fingerprint density at radius 2 is 1.57 bits per heavy atom. The van der Waals surface area contributed by atoms with Gasteiger partial charge in [0.2, 0.25) is 0 Å². The van der Waals surface area contributed by atoms with Crippen LogP contribution >= 0.6 is 0 Å². The van der Waals surface area contributed by atoms with Crippen molar-refractivity contribution < 1.29 is 5.11 Å². The van der Waals surface area contributed by atoms with Crippen LogP contribution < -0.4 is 0 Å². The molecule has 1 nitrogen and oxygen atoms in total. The van der Waals surface area contributed by atoms with Crippen molar-refractivity contribution in [1.82, 2.24) is 0 Å². The highest BCUT2D eigenvalue weighted by Gasteiger charge is 1.92. The second-order valence-corrected chi connectivity index (χ2v) is 2.77. The Balaban J connectivity index is 0. The summed E-state index contributed by atoms with van der Waals surface area (Å²) in [6.07, 6.45) is 1.14. The summed E-state index contributed by atoms with van der Waals surface area (Å²) in [5, 5.41) is 7.00. The molecule has 1 N–H and O–H groups in total. The molecule has 14 heavy (non-hydrogen) atoms. The first-order valence-electron chi connectivity index (χ1n) is 4.75. The molecule has 0 aliphatic rings. The molecule has 0 aliphatic heterocycles. The third-order valence-electron chi connectivity index (χ3n) is 1.98. The van der Waals surface area contributed by atoms with Gasteiger partial charge in [-0.15, -0.1) is 13.2 Å². The standard InChI is InChI=1S/C10H14.C2H4.CH4O/c1-4-10-6-5-8(2)9(3)7-10;2*1-2/h5-7H,4H2,1-3H3;1-2H2;2H,1H3. The van der Waals surface area contributed by atoms with Gasteiger partial charge in [0, 0.05) is 7.11 Å². The molecule has 0 fully saturated rings. The molecule has 0 spiro atoms. The predicted molar refractivity (Wildman–Crippen MR) is 64.7 cm³/mol. The van der Waals surface area contributed by atoms with Crippen molar-refractivity contribution in [2.45, 2.75) is 27.2 Å². The van der Waals surface area contributed by atoms with Crippen molar-refractivity contribution >= 4 is 0 Å². The van der Waals surface area contributed by atoms with Gasteiger partial charge in [0.15, 0.2) is 0 Å². The van der Waals surface area contributed by atoms with Gasteiger partial charge in [-0.2, -0.15) is 0 Å². The third-order valence-corrected chi connectivity index (χ3v) is 1.98. The van der Waals surface area contributed by atoms with Crippen molar-refractivity contribution in [3.63, 3.8) is 0 Å². The van der Waals surface area contributed by atoms with Gasteiger partial charge in [0.05, 0.1) is 0 Å². The van der Waals surface area contributed by atoms with E-state index in [-0.39, 0.29) is 0 Å². The topological polar surface area (TPSA) is 20.2 Å². The first kappa shape index (κ1) is 15.4. The molecule has 0 radical (unpaired) electrons. The van der Waals surface area contributed by atoms with Gasteiger partial charge in [-0.1, -0.05) is 25.1 Å². The highest BCUT2D eigenvalue weighted by molar-refractivity contribution is 5.29. The normalized spacial score (nSPS) is 7.79. The van der Waals surface area contributed by atoms with E-state index in [1.165, 1.54) is 16.7 Å². The second-order valence-electron chi connectivity index (χ2n) is 2.77. The first-order chi connectivity index (χ1) is 6.74. The van der Waals surface area contributed by atoms with E-state index in [0.29, 0.717) is 0 Å². The molecule has 0 bridgehead atoms. The van der Waals surface area contributed by atoms with E-state index in [1.54, 1.807) is 0 Å². The van der Waals surface area contributed by atoms with Crippen LogP contribution in [0.4, 0.5) is 0 Å². The minimum atomic E-state index is 1.00. The lowest BCUT2D eigenvalue weighted by molar-refractivity contribution is 0.399. The number of aryl methyl sites for hydroxylation is 3. The lowest BCUT2D eigenvalue weighted by Crippen LogP contribution is -1.84. The Bertz CT molecular complexity index is 241. The highest BCUT2D eigenvalue weighted by atomic mass is 16.2. The summed E-state index contributed by atoms with van der Waals surface area (Å²) in [7, 11) is 1.00. The van der Waals surface area contributed by atoms with Gasteiger partial charge in [-0.3, -0.25) is 0 Å². The predicted octanol–water partition coefficient (Wildman–Crippen LogP) is 3.28. The summed E-state index contributed by atoms with van der Waals surface area (Å²) < 4.78 is 0. The Labute approximate surface area is 88.1 Å². The Morgan fingerprint density at radius 3 is 1.93 bits per heavy atom. The maximum absolute atomic E-state index is 7.00. The summed E-state index contributed by atoms with van der Waals surface area (Å²) in [4.78, 5) is 0. The van der Waals surface area contributed by atoms with Crippen LogP contribution in [-0.4, -0.2) is 12.2 Å².